The van der Waals surface area contributed by atoms with Crippen LogP contribution in [0.15, 0.2) is 30.5 Å². The zero-order valence-electron chi connectivity index (χ0n) is 10.3. The molecule has 0 amide bonds. The maximum absolute atomic E-state index is 11.2. The molecular formula is C14H17NO3. The zero-order chi connectivity index (χ0) is 13.1. The van der Waals surface area contributed by atoms with Crippen molar-refractivity contribution in [2.24, 2.45) is 0 Å². The third-order valence-electron chi connectivity index (χ3n) is 3.04. The lowest BCUT2D eigenvalue weighted by molar-refractivity contribution is 0.0698. The standard InChI is InChI=1S/C14H17NO3/c1-10(16)5-4-8-15-9-12(14(17)18)11-6-2-3-7-13(11)15/h2-3,6-7,9-10,16H,4-5,8H2,1H3,(H,17,18)/t10-/m1/s1. The number of hydrogen-bond donors (Lipinski definition) is 2. The number of hydrogen-bond acceptors (Lipinski definition) is 2. The highest BCUT2D eigenvalue weighted by atomic mass is 16.4. The van der Waals surface area contributed by atoms with Gasteiger partial charge in [0.25, 0.3) is 0 Å². The molecule has 18 heavy (non-hydrogen) atoms. The van der Waals surface area contributed by atoms with Crippen molar-refractivity contribution in [1.82, 2.24) is 4.57 Å². The molecule has 0 saturated heterocycles. The van der Waals surface area contributed by atoms with E-state index in [1.54, 1.807) is 13.1 Å². The maximum atomic E-state index is 11.2. The maximum Gasteiger partial charge on any atom is 0.337 e. The zero-order valence-corrected chi connectivity index (χ0v) is 10.3. The van der Waals surface area contributed by atoms with Crippen molar-refractivity contribution >= 4 is 16.9 Å². The Labute approximate surface area is 105 Å². The van der Waals surface area contributed by atoms with Crippen molar-refractivity contribution in [3.05, 3.63) is 36.0 Å². The highest BCUT2D eigenvalue weighted by Crippen LogP contribution is 2.21. The average Bonchev–Trinajstić information content (AvgIpc) is 2.68. The van der Waals surface area contributed by atoms with Crippen molar-refractivity contribution in [3.63, 3.8) is 0 Å². The van der Waals surface area contributed by atoms with Crippen LogP contribution in [0.1, 0.15) is 30.1 Å². The lowest BCUT2D eigenvalue weighted by Crippen LogP contribution is -2.03. The third-order valence-corrected chi connectivity index (χ3v) is 3.04. The summed E-state index contributed by atoms with van der Waals surface area (Å²) in [5.74, 6) is -0.902. The molecule has 1 aromatic carbocycles. The normalized spacial score (nSPS) is 12.8. The molecule has 0 bridgehead atoms. The van der Waals surface area contributed by atoms with E-state index < -0.39 is 5.97 Å². The van der Waals surface area contributed by atoms with Gasteiger partial charge in [-0.05, 0) is 25.8 Å². The Balaban J connectivity index is 2.30. The van der Waals surface area contributed by atoms with E-state index in [4.69, 9.17) is 5.11 Å². The summed E-state index contributed by atoms with van der Waals surface area (Å²) < 4.78 is 1.95. The summed E-state index contributed by atoms with van der Waals surface area (Å²) in [6.45, 7) is 2.48. The van der Waals surface area contributed by atoms with E-state index in [1.807, 2.05) is 28.8 Å². The second-order valence-electron chi connectivity index (χ2n) is 4.55. The van der Waals surface area contributed by atoms with Gasteiger partial charge in [-0.15, -0.1) is 0 Å². The van der Waals surface area contributed by atoms with Gasteiger partial charge in [-0.2, -0.15) is 0 Å². The predicted octanol–water partition coefficient (Wildman–Crippen LogP) is 2.50. The Hall–Kier alpha value is -1.81. The summed E-state index contributed by atoms with van der Waals surface area (Å²) in [6.07, 6.45) is 2.91. The second-order valence-corrected chi connectivity index (χ2v) is 4.55. The number of nitrogens with zero attached hydrogens (tertiary/aromatic N) is 1. The number of aliphatic hydroxyl groups is 1. The number of rotatable bonds is 5. The topological polar surface area (TPSA) is 62.5 Å². The van der Waals surface area contributed by atoms with Gasteiger partial charge in [0, 0.05) is 23.6 Å². The Morgan fingerprint density at radius 1 is 1.39 bits per heavy atom. The highest BCUT2D eigenvalue weighted by molar-refractivity contribution is 6.03. The molecule has 0 unspecified atom stereocenters. The molecule has 2 N–H and O–H groups in total. The van der Waals surface area contributed by atoms with E-state index in [9.17, 15) is 9.90 Å². The first-order chi connectivity index (χ1) is 8.59. The molecular weight excluding hydrogens is 230 g/mol. The lowest BCUT2D eigenvalue weighted by Gasteiger charge is -2.06. The quantitative estimate of drug-likeness (QED) is 0.853. The number of aryl methyl sites for hydroxylation is 1. The molecule has 0 saturated carbocycles. The molecule has 0 aliphatic carbocycles. The van der Waals surface area contributed by atoms with E-state index in [-0.39, 0.29) is 6.10 Å². The summed E-state index contributed by atoms with van der Waals surface area (Å²) in [4.78, 5) is 11.2. The largest absolute Gasteiger partial charge is 0.478 e. The van der Waals surface area contributed by atoms with E-state index in [0.717, 1.165) is 30.3 Å². The number of para-hydroxylation sites is 1. The molecule has 0 fully saturated rings. The van der Waals surface area contributed by atoms with Crippen LogP contribution in [0.4, 0.5) is 0 Å². The fourth-order valence-electron chi connectivity index (χ4n) is 2.16. The molecule has 2 aromatic rings. The van der Waals surface area contributed by atoms with Gasteiger partial charge < -0.3 is 14.8 Å². The van der Waals surface area contributed by atoms with E-state index in [0.29, 0.717) is 5.56 Å². The summed E-state index contributed by atoms with van der Waals surface area (Å²) in [5.41, 5.74) is 1.27. The summed E-state index contributed by atoms with van der Waals surface area (Å²) in [7, 11) is 0. The number of aromatic nitrogens is 1. The minimum Gasteiger partial charge on any atom is -0.478 e. The SMILES string of the molecule is C[C@@H](O)CCCn1cc(C(=O)O)c2ccccc21. The molecule has 0 aliphatic heterocycles. The van der Waals surface area contributed by atoms with Crippen LogP contribution >= 0.6 is 0 Å². The molecule has 0 radical (unpaired) electrons. The van der Waals surface area contributed by atoms with Gasteiger partial charge in [-0.1, -0.05) is 18.2 Å². The van der Waals surface area contributed by atoms with Crippen LogP contribution < -0.4 is 0 Å². The van der Waals surface area contributed by atoms with Crippen LogP contribution in [0.2, 0.25) is 0 Å². The van der Waals surface area contributed by atoms with Crippen LogP contribution in [0.25, 0.3) is 10.9 Å². The molecule has 1 aromatic heterocycles. The van der Waals surface area contributed by atoms with Gasteiger partial charge in [0.05, 0.1) is 11.7 Å². The Morgan fingerprint density at radius 3 is 2.78 bits per heavy atom. The summed E-state index contributed by atoms with van der Waals surface area (Å²) in [6, 6.07) is 7.49. The van der Waals surface area contributed by atoms with Crippen molar-refractivity contribution in [1.29, 1.82) is 0 Å². The van der Waals surface area contributed by atoms with Gasteiger partial charge in [0.1, 0.15) is 0 Å². The molecule has 4 heteroatoms. The fourth-order valence-corrected chi connectivity index (χ4v) is 2.16. The Bertz CT molecular complexity index is 557. The molecule has 2 rings (SSSR count). The fraction of sp³-hybridized carbons (Fsp3) is 0.357. The van der Waals surface area contributed by atoms with Crippen molar-refractivity contribution in [2.45, 2.75) is 32.4 Å². The second kappa shape index (κ2) is 5.23. The minimum absolute atomic E-state index is 0.314. The number of fused-ring (bicyclic) bond motifs is 1. The first kappa shape index (κ1) is 12.6. The van der Waals surface area contributed by atoms with E-state index in [2.05, 4.69) is 0 Å². The molecule has 0 spiro atoms. The van der Waals surface area contributed by atoms with Crippen LogP contribution in [0.5, 0.6) is 0 Å². The molecule has 96 valence electrons. The van der Waals surface area contributed by atoms with Crippen LogP contribution in [0, 0.1) is 0 Å². The molecule has 1 atom stereocenters. The minimum atomic E-state index is -0.902. The van der Waals surface area contributed by atoms with Gasteiger partial charge in [0.2, 0.25) is 0 Å². The number of carbonyl (C=O) groups is 1. The molecule has 1 heterocycles. The van der Waals surface area contributed by atoms with E-state index >= 15 is 0 Å². The van der Waals surface area contributed by atoms with Crippen molar-refractivity contribution in [3.8, 4) is 0 Å². The number of aromatic carboxylic acids is 1. The number of aliphatic hydroxyl groups excluding tert-OH is 1. The van der Waals surface area contributed by atoms with Crippen molar-refractivity contribution < 1.29 is 15.0 Å². The van der Waals surface area contributed by atoms with Crippen molar-refractivity contribution in [2.75, 3.05) is 0 Å². The predicted molar refractivity (Wildman–Crippen MR) is 69.8 cm³/mol. The third kappa shape index (κ3) is 2.54. The highest BCUT2D eigenvalue weighted by Gasteiger charge is 2.13. The van der Waals surface area contributed by atoms with Gasteiger partial charge >= 0.3 is 5.97 Å². The number of carboxylic acid groups (broad SMARTS) is 1. The molecule has 0 aliphatic rings. The van der Waals surface area contributed by atoms with Gasteiger partial charge in [-0.3, -0.25) is 0 Å². The van der Waals surface area contributed by atoms with Gasteiger partial charge in [-0.25, -0.2) is 4.79 Å². The Morgan fingerprint density at radius 2 is 2.11 bits per heavy atom. The lowest BCUT2D eigenvalue weighted by atomic mass is 10.2. The van der Waals surface area contributed by atoms with Crippen LogP contribution in [-0.4, -0.2) is 26.9 Å². The number of benzene rings is 1. The monoisotopic (exact) mass is 247 g/mol. The van der Waals surface area contributed by atoms with Crippen LogP contribution in [0.3, 0.4) is 0 Å². The Kier molecular flexibility index (Phi) is 3.67. The smallest absolute Gasteiger partial charge is 0.337 e. The first-order valence-electron chi connectivity index (χ1n) is 6.09. The van der Waals surface area contributed by atoms with Crippen LogP contribution in [-0.2, 0) is 6.54 Å². The summed E-state index contributed by atoms with van der Waals surface area (Å²) in [5, 5.41) is 19.2. The number of carboxylic acids is 1. The average molecular weight is 247 g/mol. The molecule has 4 nitrogen and oxygen atoms in total. The van der Waals surface area contributed by atoms with E-state index in [1.165, 1.54) is 0 Å². The summed E-state index contributed by atoms with van der Waals surface area (Å²) >= 11 is 0. The first-order valence-corrected chi connectivity index (χ1v) is 6.09. The van der Waals surface area contributed by atoms with Gasteiger partial charge in [0.15, 0.2) is 0 Å².